The average molecular weight is 390 g/mol. The Morgan fingerprint density at radius 1 is 1.23 bits per heavy atom. The van der Waals surface area contributed by atoms with Crippen LogP contribution < -0.4 is 10.0 Å². The lowest BCUT2D eigenvalue weighted by molar-refractivity contribution is -0.255. The molecule has 1 atom stereocenters. The molecule has 2 heterocycles. The lowest BCUT2D eigenvalue weighted by Crippen LogP contribution is -2.31. The normalized spacial score (nSPS) is 16.8. The Bertz CT molecular complexity index is 906. The zero-order valence-electron chi connectivity index (χ0n) is 13.5. The highest BCUT2D eigenvalue weighted by Crippen LogP contribution is 2.38. The number of nitrogens with zero attached hydrogens (tertiary/aromatic N) is 1. The van der Waals surface area contributed by atoms with Crippen LogP contribution in [0, 0.1) is 0 Å². The number of thioether (sulfide) groups is 1. The number of carboxylic acid groups (broad SMARTS) is 1. The largest absolute Gasteiger partial charge is 0.545 e. The molecule has 3 rings (SSSR count). The van der Waals surface area contributed by atoms with Gasteiger partial charge in [0, 0.05) is 16.9 Å². The van der Waals surface area contributed by atoms with Gasteiger partial charge in [0.05, 0.1) is 23.9 Å². The Balaban J connectivity index is 1.88. The first kappa shape index (κ1) is 18.2. The van der Waals surface area contributed by atoms with E-state index in [2.05, 4.69) is 4.74 Å². The Hall–Kier alpha value is -2.65. The van der Waals surface area contributed by atoms with Crippen molar-refractivity contribution >= 4 is 51.9 Å². The van der Waals surface area contributed by atoms with Gasteiger partial charge in [-0.2, -0.15) is 0 Å². The fourth-order valence-electron chi connectivity index (χ4n) is 2.54. The molecule has 1 aliphatic heterocycles. The molecule has 1 aliphatic rings. The van der Waals surface area contributed by atoms with Gasteiger partial charge < -0.3 is 14.6 Å². The van der Waals surface area contributed by atoms with E-state index < -0.39 is 29.0 Å². The van der Waals surface area contributed by atoms with Crippen LogP contribution in [-0.2, 0) is 14.3 Å². The van der Waals surface area contributed by atoms with Crippen LogP contribution in [0.5, 0.6) is 0 Å². The number of thiophene rings is 1. The number of aromatic carboxylic acids is 1. The molecule has 1 fully saturated rings. The summed E-state index contributed by atoms with van der Waals surface area (Å²) in [5.41, 5.74) is 0.0996. The number of esters is 1. The van der Waals surface area contributed by atoms with Gasteiger partial charge in [-0.05, 0) is 17.5 Å². The van der Waals surface area contributed by atoms with Gasteiger partial charge in [-0.25, -0.2) is 9.69 Å². The summed E-state index contributed by atoms with van der Waals surface area (Å²) < 4.78 is 4.67. The Morgan fingerprint density at radius 2 is 1.96 bits per heavy atom. The van der Waals surface area contributed by atoms with Gasteiger partial charge in [0.25, 0.3) is 0 Å². The van der Waals surface area contributed by atoms with Gasteiger partial charge in [-0.15, -0.1) is 23.1 Å². The molecule has 1 aromatic heterocycles. The molecular formula is C17H12NO6S2-. The number of carbonyl (C=O) groups is 4. The minimum Gasteiger partial charge on any atom is -0.545 e. The van der Waals surface area contributed by atoms with Gasteiger partial charge in [0.2, 0.25) is 11.8 Å². The summed E-state index contributed by atoms with van der Waals surface area (Å²) in [6.45, 7) is 0. The average Bonchev–Trinajstić information content (AvgIpc) is 3.19. The smallest absolute Gasteiger partial charge is 0.340 e. The van der Waals surface area contributed by atoms with Crippen molar-refractivity contribution in [1.82, 2.24) is 0 Å². The van der Waals surface area contributed by atoms with Crippen LogP contribution in [0.2, 0.25) is 0 Å². The van der Waals surface area contributed by atoms with Crippen molar-refractivity contribution in [2.24, 2.45) is 0 Å². The van der Waals surface area contributed by atoms with E-state index in [4.69, 9.17) is 0 Å². The van der Waals surface area contributed by atoms with E-state index in [1.165, 1.54) is 19.2 Å². The zero-order chi connectivity index (χ0) is 18.8. The van der Waals surface area contributed by atoms with Gasteiger partial charge in [-0.1, -0.05) is 18.2 Å². The zero-order valence-corrected chi connectivity index (χ0v) is 15.1. The number of imide groups is 1. The van der Waals surface area contributed by atoms with Crippen LogP contribution in [0.25, 0.3) is 0 Å². The molecule has 26 heavy (non-hydrogen) atoms. The van der Waals surface area contributed by atoms with Crippen molar-refractivity contribution < 1.29 is 29.0 Å². The highest BCUT2D eigenvalue weighted by Gasteiger charge is 2.42. The van der Waals surface area contributed by atoms with Gasteiger partial charge >= 0.3 is 5.97 Å². The lowest BCUT2D eigenvalue weighted by Gasteiger charge is -2.15. The number of amides is 2. The molecule has 9 heteroatoms. The molecule has 0 aliphatic carbocycles. The van der Waals surface area contributed by atoms with Crippen LogP contribution in [0.4, 0.5) is 5.00 Å². The molecule has 2 amide bonds. The first-order valence-electron chi connectivity index (χ1n) is 7.43. The number of hydrogen-bond donors (Lipinski definition) is 0. The fourth-order valence-corrected chi connectivity index (χ4v) is 4.62. The van der Waals surface area contributed by atoms with E-state index in [1.807, 2.05) is 0 Å². The number of anilines is 1. The SMILES string of the molecule is COC(=O)c1ccsc1N1C(=O)C[C@@H](Sc2ccccc2C(=O)[O-])C1=O. The van der Waals surface area contributed by atoms with Crippen molar-refractivity contribution in [2.45, 2.75) is 16.6 Å². The van der Waals surface area contributed by atoms with Gasteiger partial charge in [0.15, 0.2) is 0 Å². The predicted molar refractivity (Wildman–Crippen MR) is 93.2 cm³/mol. The van der Waals surface area contributed by atoms with Crippen molar-refractivity contribution in [1.29, 1.82) is 0 Å². The van der Waals surface area contributed by atoms with Crippen molar-refractivity contribution in [3.05, 3.63) is 46.8 Å². The number of rotatable bonds is 5. The monoisotopic (exact) mass is 390 g/mol. The molecule has 1 saturated heterocycles. The van der Waals surface area contributed by atoms with E-state index >= 15 is 0 Å². The Kier molecular flexibility index (Phi) is 5.10. The van der Waals surface area contributed by atoms with E-state index in [9.17, 15) is 24.3 Å². The Morgan fingerprint density at radius 3 is 2.65 bits per heavy atom. The third-order valence-electron chi connectivity index (χ3n) is 3.73. The molecule has 0 saturated carbocycles. The Labute approximate surface area is 156 Å². The molecule has 0 N–H and O–H groups in total. The molecule has 0 spiro atoms. The quantitative estimate of drug-likeness (QED) is 0.560. The minimum atomic E-state index is -1.35. The second-order valence-electron chi connectivity index (χ2n) is 5.29. The minimum absolute atomic E-state index is 0.0393. The number of carbonyl (C=O) groups excluding carboxylic acids is 4. The van der Waals surface area contributed by atoms with Crippen LogP contribution in [0.15, 0.2) is 40.6 Å². The lowest BCUT2D eigenvalue weighted by atomic mass is 10.2. The molecule has 0 unspecified atom stereocenters. The van der Waals surface area contributed by atoms with E-state index in [0.29, 0.717) is 4.90 Å². The summed E-state index contributed by atoms with van der Waals surface area (Å²) >= 11 is 2.08. The summed E-state index contributed by atoms with van der Waals surface area (Å²) in [4.78, 5) is 49.5. The summed E-state index contributed by atoms with van der Waals surface area (Å²) in [5.74, 6) is -2.94. The van der Waals surface area contributed by atoms with Crippen LogP contribution in [0.3, 0.4) is 0 Å². The first-order valence-corrected chi connectivity index (χ1v) is 9.19. The molecule has 0 radical (unpaired) electrons. The summed E-state index contributed by atoms with van der Waals surface area (Å²) in [5, 5.41) is 12.2. The number of hydrogen-bond acceptors (Lipinski definition) is 8. The van der Waals surface area contributed by atoms with Crippen molar-refractivity contribution in [2.75, 3.05) is 12.0 Å². The van der Waals surface area contributed by atoms with E-state index in [-0.39, 0.29) is 22.5 Å². The topological polar surface area (TPSA) is 104 Å². The molecule has 1 aromatic carbocycles. The maximum Gasteiger partial charge on any atom is 0.340 e. The van der Waals surface area contributed by atoms with E-state index in [0.717, 1.165) is 28.0 Å². The van der Waals surface area contributed by atoms with Gasteiger partial charge in [-0.3, -0.25) is 9.59 Å². The third-order valence-corrected chi connectivity index (χ3v) is 5.90. The predicted octanol–water partition coefficient (Wildman–Crippen LogP) is 1.32. The highest BCUT2D eigenvalue weighted by molar-refractivity contribution is 8.00. The fraction of sp³-hybridized carbons (Fsp3) is 0.176. The van der Waals surface area contributed by atoms with Crippen LogP contribution in [-0.4, -0.2) is 36.1 Å². The molecule has 134 valence electrons. The summed E-state index contributed by atoms with van der Waals surface area (Å²) in [6.07, 6.45) is -0.0939. The molecule has 0 bridgehead atoms. The maximum absolute atomic E-state index is 12.7. The first-order chi connectivity index (χ1) is 12.4. The van der Waals surface area contributed by atoms with Crippen LogP contribution in [0.1, 0.15) is 27.1 Å². The second-order valence-corrected chi connectivity index (χ2v) is 7.43. The molecule has 2 aromatic rings. The molecular weight excluding hydrogens is 378 g/mol. The number of benzene rings is 1. The number of carboxylic acids is 1. The standard InChI is InChI=1S/C17H13NO6S2/c1-24-17(23)10-6-7-25-15(10)18-13(19)8-12(14(18)20)26-11-5-3-2-4-9(11)16(21)22/h2-7,12H,8H2,1H3,(H,21,22)/p-1/t12-/m1/s1. The highest BCUT2D eigenvalue weighted by atomic mass is 32.2. The summed E-state index contributed by atoms with van der Waals surface area (Å²) in [6, 6.07) is 7.62. The molecule has 7 nitrogen and oxygen atoms in total. The van der Waals surface area contributed by atoms with Crippen LogP contribution >= 0.6 is 23.1 Å². The number of ether oxygens (including phenoxy) is 1. The third kappa shape index (κ3) is 3.23. The van der Waals surface area contributed by atoms with Crippen molar-refractivity contribution in [3.8, 4) is 0 Å². The van der Waals surface area contributed by atoms with E-state index in [1.54, 1.807) is 23.6 Å². The summed E-state index contributed by atoms with van der Waals surface area (Å²) in [7, 11) is 1.22. The number of methoxy groups -OCH3 is 1. The van der Waals surface area contributed by atoms with Gasteiger partial charge in [0.1, 0.15) is 5.00 Å². The second kappa shape index (κ2) is 7.30. The maximum atomic E-state index is 12.7. The van der Waals surface area contributed by atoms with Crippen molar-refractivity contribution in [3.63, 3.8) is 0 Å².